The van der Waals surface area contributed by atoms with Crippen LogP contribution >= 0.6 is 0 Å². The highest BCUT2D eigenvalue weighted by Crippen LogP contribution is 2.29. The third-order valence-electron chi connectivity index (χ3n) is 6.04. The number of hydrogen-bond acceptors (Lipinski definition) is 6. The Morgan fingerprint density at radius 1 is 1.03 bits per heavy atom. The molecule has 0 aliphatic carbocycles. The summed E-state index contributed by atoms with van der Waals surface area (Å²) in [5.41, 5.74) is 8.91. The summed E-state index contributed by atoms with van der Waals surface area (Å²) in [6.07, 6.45) is 2.58. The number of nitrogens with two attached hydrogens (primary N) is 2. The van der Waals surface area contributed by atoms with E-state index >= 15 is 0 Å². The third kappa shape index (κ3) is 5.44. The number of amidine groups is 1. The molecule has 0 bridgehead atoms. The number of nitrogens with one attached hydrogen (secondary N) is 1. The number of oxime groups is 1. The summed E-state index contributed by atoms with van der Waals surface area (Å²) in [4.78, 5) is 15.3. The SMILES string of the molecule is N/C(=N/O)c1cccc(N2CCCC[C@H]2C(=O)Nc2ccc(-c3ccccc3S(N)(=O)=O)cc2)c1. The van der Waals surface area contributed by atoms with Crippen LogP contribution in [0.2, 0.25) is 0 Å². The zero-order valence-corrected chi connectivity index (χ0v) is 19.8. The molecule has 1 amide bonds. The first-order valence-electron chi connectivity index (χ1n) is 11.2. The first kappa shape index (κ1) is 24.2. The van der Waals surface area contributed by atoms with Crippen molar-refractivity contribution >= 4 is 33.1 Å². The van der Waals surface area contributed by atoms with Crippen molar-refractivity contribution in [1.29, 1.82) is 0 Å². The van der Waals surface area contributed by atoms with Gasteiger partial charge < -0.3 is 21.2 Å². The van der Waals surface area contributed by atoms with Gasteiger partial charge in [-0.1, -0.05) is 47.6 Å². The van der Waals surface area contributed by atoms with Gasteiger partial charge in [-0.15, -0.1) is 0 Å². The van der Waals surface area contributed by atoms with Gasteiger partial charge in [0, 0.05) is 29.0 Å². The lowest BCUT2D eigenvalue weighted by Gasteiger charge is -2.36. The second-order valence-corrected chi connectivity index (χ2v) is 9.88. The van der Waals surface area contributed by atoms with Crippen LogP contribution in [0.1, 0.15) is 24.8 Å². The van der Waals surface area contributed by atoms with Crippen LogP contribution in [0.15, 0.2) is 82.8 Å². The van der Waals surface area contributed by atoms with Gasteiger partial charge in [0.2, 0.25) is 15.9 Å². The number of anilines is 2. The lowest BCUT2D eigenvalue weighted by molar-refractivity contribution is -0.117. The van der Waals surface area contributed by atoms with Crippen molar-refractivity contribution in [1.82, 2.24) is 0 Å². The molecule has 0 radical (unpaired) electrons. The number of carbonyl (C=O) groups is 1. The molecule has 0 unspecified atom stereocenters. The Kier molecular flexibility index (Phi) is 7.04. The van der Waals surface area contributed by atoms with Crippen LogP contribution in [0.4, 0.5) is 11.4 Å². The topological polar surface area (TPSA) is 151 Å². The summed E-state index contributed by atoms with van der Waals surface area (Å²) < 4.78 is 23.9. The minimum absolute atomic E-state index is 0.00830. The maximum Gasteiger partial charge on any atom is 0.247 e. The van der Waals surface area contributed by atoms with Gasteiger partial charge in [-0.2, -0.15) is 0 Å². The van der Waals surface area contributed by atoms with Crippen molar-refractivity contribution in [3.8, 4) is 11.1 Å². The summed E-state index contributed by atoms with van der Waals surface area (Å²) >= 11 is 0. The molecule has 6 N–H and O–H groups in total. The summed E-state index contributed by atoms with van der Waals surface area (Å²) in [5, 5.41) is 20.4. The zero-order valence-electron chi connectivity index (χ0n) is 19.0. The Hall–Kier alpha value is -3.89. The second-order valence-electron chi connectivity index (χ2n) is 8.35. The standard InChI is InChI=1S/C25H27N5O4S/c26-24(29-32)18-6-5-7-20(16-18)30-15-4-3-9-22(30)25(31)28-19-13-11-17(12-14-19)21-8-1-2-10-23(21)35(27,33)34/h1-2,5-8,10-14,16,22,32H,3-4,9,15H2,(H2,26,29)(H,28,31)(H2,27,33,34)/t22-/m0/s1. The summed E-state index contributed by atoms with van der Waals surface area (Å²) in [6.45, 7) is 0.709. The fraction of sp³-hybridized carbons (Fsp3) is 0.200. The van der Waals surface area contributed by atoms with Gasteiger partial charge >= 0.3 is 0 Å². The number of amides is 1. The van der Waals surface area contributed by atoms with E-state index in [2.05, 4.69) is 10.5 Å². The van der Waals surface area contributed by atoms with Gasteiger partial charge in [-0.05, 0) is 55.2 Å². The molecule has 4 rings (SSSR count). The number of nitrogens with zero attached hydrogens (tertiary/aromatic N) is 2. The molecule has 0 spiro atoms. The smallest absolute Gasteiger partial charge is 0.247 e. The van der Waals surface area contributed by atoms with Crippen LogP contribution < -0.4 is 21.1 Å². The molecule has 0 aromatic heterocycles. The van der Waals surface area contributed by atoms with E-state index < -0.39 is 10.0 Å². The highest BCUT2D eigenvalue weighted by atomic mass is 32.2. The summed E-state index contributed by atoms with van der Waals surface area (Å²) in [6, 6.07) is 20.4. The van der Waals surface area contributed by atoms with E-state index in [9.17, 15) is 13.2 Å². The lowest BCUT2D eigenvalue weighted by atomic mass is 9.99. The van der Waals surface area contributed by atoms with Crippen LogP contribution in [0.5, 0.6) is 0 Å². The number of carbonyl (C=O) groups excluding carboxylic acids is 1. The first-order valence-corrected chi connectivity index (χ1v) is 12.7. The van der Waals surface area contributed by atoms with Crippen molar-refractivity contribution < 1.29 is 18.4 Å². The zero-order chi connectivity index (χ0) is 25.0. The van der Waals surface area contributed by atoms with Gasteiger partial charge in [-0.3, -0.25) is 4.79 Å². The maximum atomic E-state index is 13.2. The Morgan fingerprint density at radius 3 is 2.49 bits per heavy atom. The molecule has 1 aliphatic heterocycles. The van der Waals surface area contributed by atoms with E-state index in [-0.39, 0.29) is 22.7 Å². The minimum Gasteiger partial charge on any atom is -0.409 e. The van der Waals surface area contributed by atoms with Crippen molar-refractivity contribution in [2.24, 2.45) is 16.0 Å². The lowest BCUT2D eigenvalue weighted by Crippen LogP contribution is -2.47. The Labute approximate surface area is 204 Å². The fourth-order valence-electron chi connectivity index (χ4n) is 4.33. The van der Waals surface area contributed by atoms with E-state index in [1.54, 1.807) is 54.6 Å². The number of benzene rings is 3. The predicted molar refractivity (Wildman–Crippen MR) is 136 cm³/mol. The highest BCUT2D eigenvalue weighted by molar-refractivity contribution is 7.89. The molecule has 10 heteroatoms. The van der Waals surface area contributed by atoms with Crippen molar-refractivity contribution in [2.45, 2.75) is 30.2 Å². The molecule has 35 heavy (non-hydrogen) atoms. The van der Waals surface area contributed by atoms with E-state index in [1.807, 2.05) is 17.0 Å². The molecule has 1 atom stereocenters. The number of piperidine rings is 1. The van der Waals surface area contributed by atoms with Gasteiger partial charge in [0.1, 0.15) is 6.04 Å². The molecule has 3 aromatic rings. The van der Waals surface area contributed by atoms with Crippen LogP contribution in [-0.2, 0) is 14.8 Å². The average Bonchev–Trinajstić information content (AvgIpc) is 2.88. The first-order chi connectivity index (χ1) is 16.8. The van der Waals surface area contributed by atoms with E-state index in [1.165, 1.54) is 6.07 Å². The number of hydrogen-bond donors (Lipinski definition) is 4. The Bertz CT molecular complexity index is 1360. The molecule has 1 saturated heterocycles. The molecular formula is C25H27N5O4S. The van der Waals surface area contributed by atoms with Gasteiger partial charge in [0.05, 0.1) is 4.90 Å². The Morgan fingerprint density at radius 2 is 1.77 bits per heavy atom. The summed E-state index contributed by atoms with van der Waals surface area (Å²) in [7, 11) is -3.87. The molecule has 9 nitrogen and oxygen atoms in total. The normalized spacial score (nSPS) is 16.7. The fourth-order valence-corrected chi connectivity index (χ4v) is 5.09. The van der Waals surface area contributed by atoms with Crippen LogP contribution in [0, 0.1) is 0 Å². The average molecular weight is 494 g/mol. The highest BCUT2D eigenvalue weighted by Gasteiger charge is 2.29. The van der Waals surface area contributed by atoms with Crippen LogP contribution in [0.25, 0.3) is 11.1 Å². The number of primary sulfonamides is 1. The molecule has 1 fully saturated rings. The van der Waals surface area contributed by atoms with E-state index in [4.69, 9.17) is 16.1 Å². The van der Waals surface area contributed by atoms with Crippen LogP contribution in [-0.4, -0.2) is 38.0 Å². The van der Waals surface area contributed by atoms with Gasteiger partial charge in [-0.25, -0.2) is 13.6 Å². The molecule has 1 heterocycles. The number of sulfonamides is 1. The second kappa shape index (κ2) is 10.2. The molecule has 0 saturated carbocycles. The monoisotopic (exact) mass is 493 g/mol. The summed E-state index contributed by atoms with van der Waals surface area (Å²) in [5.74, 6) is -0.134. The number of rotatable bonds is 6. The van der Waals surface area contributed by atoms with Crippen molar-refractivity contribution in [2.75, 3.05) is 16.8 Å². The quantitative estimate of drug-likeness (QED) is 0.179. The predicted octanol–water partition coefficient (Wildman–Crippen LogP) is 3.09. The van der Waals surface area contributed by atoms with E-state index in [0.29, 0.717) is 35.3 Å². The third-order valence-corrected chi connectivity index (χ3v) is 7.01. The Balaban J connectivity index is 1.54. The van der Waals surface area contributed by atoms with Gasteiger partial charge in [0.15, 0.2) is 5.84 Å². The van der Waals surface area contributed by atoms with Crippen molar-refractivity contribution in [3.05, 3.63) is 78.4 Å². The molecule has 1 aliphatic rings. The largest absolute Gasteiger partial charge is 0.409 e. The molecule has 182 valence electrons. The maximum absolute atomic E-state index is 13.2. The van der Waals surface area contributed by atoms with Crippen molar-refractivity contribution in [3.63, 3.8) is 0 Å². The minimum atomic E-state index is -3.87. The van der Waals surface area contributed by atoms with E-state index in [0.717, 1.165) is 18.5 Å². The molecular weight excluding hydrogens is 466 g/mol. The van der Waals surface area contributed by atoms with Crippen LogP contribution in [0.3, 0.4) is 0 Å². The van der Waals surface area contributed by atoms with Gasteiger partial charge in [0.25, 0.3) is 0 Å². The molecule has 3 aromatic carbocycles.